The number of ether oxygens (including phenoxy) is 1. The number of benzene rings is 2. The molecule has 5 nitrogen and oxygen atoms in total. The SMILES string of the molecule is COc1ccc(CNC(C)c2cccc(Br)c2)cc1[N+](=O)[O-]. The fraction of sp³-hybridized carbons (Fsp3) is 0.250. The van der Waals surface area contributed by atoms with Gasteiger partial charge in [-0.05, 0) is 36.2 Å². The smallest absolute Gasteiger partial charge is 0.311 e. The van der Waals surface area contributed by atoms with Gasteiger partial charge < -0.3 is 10.1 Å². The first kappa shape index (κ1) is 16.5. The van der Waals surface area contributed by atoms with E-state index in [1.165, 1.54) is 7.11 Å². The molecule has 0 saturated heterocycles. The highest BCUT2D eigenvalue weighted by Crippen LogP contribution is 2.27. The van der Waals surface area contributed by atoms with Gasteiger partial charge in [-0.1, -0.05) is 34.1 Å². The number of nitro groups is 1. The maximum atomic E-state index is 11.0. The molecule has 0 spiro atoms. The van der Waals surface area contributed by atoms with Gasteiger partial charge in [0, 0.05) is 23.1 Å². The summed E-state index contributed by atoms with van der Waals surface area (Å²) in [6.07, 6.45) is 0. The van der Waals surface area contributed by atoms with Crippen LogP contribution >= 0.6 is 15.9 Å². The quantitative estimate of drug-likeness (QED) is 0.615. The molecule has 0 aromatic heterocycles. The standard InChI is InChI=1S/C16H17BrN2O3/c1-11(13-4-3-5-14(17)9-13)18-10-12-6-7-16(22-2)15(8-12)19(20)21/h3-9,11,18H,10H2,1-2H3. The van der Waals surface area contributed by atoms with Crippen LogP contribution in [0.3, 0.4) is 0 Å². The molecular weight excluding hydrogens is 348 g/mol. The summed E-state index contributed by atoms with van der Waals surface area (Å²) in [4.78, 5) is 10.6. The predicted molar refractivity (Wildman–Crippen MR) is 89.0 cm³/mol. The zero-order chi connectivity index (χ0) is 16.1. The molecule has 2 aromatic carbocycles. The van der Waals surface area contributed by atoms with Crippen LogP contribution in [-0.4, -0.2) is 12.0 Å². The first-order valence-corrected chi connectivity index (χ1v) is 7.60. The molecule has 2 aromatic rings. The van der Waals surface area contributed by atoms with Crippen LogP contribution in [0.1, 0.15) is 24.1 Å². The van der Waals surface area contributed by atoms with Crippen LogP contribution in [-0.2, 0) is 6.54 Å². The second-order valence-electron chi connectivity index (χ2n) is 4.92. The van der Waals surface area contributed by atoms with E-state index in [-0.39, 0.29) is 17.5 Å². The number of halogens is 1. The minimum atomic E-state index is -0.430. The minimum Gasteiger partial charge on any atom is -0.490 e. The average molecular weight is 365 g/mol. The third-order valence-corrected chi connectivity index (χ3v) is 3.89. The summed E-state index contributed by atoms with van der Waals surface area (Å²) in [5, 5.41) is 14.4. The molecule has 6 heteroatoms. The molecule has 1 N–H and O–H groups in total. The largest absolute Gasteiger partial charge is 0.490 e. The van der Waals surface area contributed by atoms with Crippen molar-refractivity contribution in [2.75, 3.05) is 7.11 Å². The normalized spacial score (nSPS) is 12.0. The molecule has 0 heterocycles. The number of rotatable bonds is 6. The van der Waals surface area contributed by atoms with Crippen molar-refractivity contribution >= 4 is 21.6 Å². The summed E-state index contributed by atoms with van der Waals surface area (Å²) in [7, 11) is 1.43. The Morgan fingerprint density at radius 1 is 1.32 bits per heavy atom. The third kappa shape index (κ3) is 4.05. The van der Waals surface area contributed by atoms with E-state index < -0.39 is 4.92 Å². The monoisotopic (exact) mass is 364 g/mol. The Bertz CT molecular complexity index is 676. The predicted octanol–water partition coefficient (Wildman–Crippen LogP) is 4.22. The maximum absolute atomic E-state index is 11.0. The van der Waals surface area contributed by atoms with Crippen LogP contribution in [0.5, 0.6) is 5.75 Å². The molecule has 0 fully saturated rings. The Labute approximate surface area is 137 Å². The van der Waals surface area contributed by atoms with Gasteiger partial charge in [0.1, 0.15) is 0 Å². The van der Waals surface area contributed by atoms with Crippen molar-refractivity contribution in [2.45, 2.75) is 19.5 Å². The van der Waals surface area contributed by atoms with Crippen LogP contribution in [0.15, 0.2) is 46.9 Å². The Morgan fingerprint density at radius 2 is 2.09 bits per heavy atom. The highest BCUT2D eigenvalue weighted by atomic mass is 79.9. The van der Waals surface area contributed by atoms with Crippen molar-refractivity contribution in [3.05, 3.63) is 68.2 Å². The van der Waals surface area contributed by atoms with Crippen LogP contribution < -0.4 is 10.1 Å². The lowest BCUT2D eigenvalue weighted by atomic mass is 10.1. The molecule has 116 valence electrons. The number of nitrogens with one attached hydrogen (secondary N) is 1. The van der Waals surface area contributed by atoms with Crippen molar-refractivity contribution in [1.82, 2.24) is 5.32 Å². The number of methoxy groups -OCH3 is 1. The molecule has 0 aliphatic heterocycles. The summed E-state index contributed by atoms with van der Waals surface area (Å²) in [5.74, 6) is 0.272. The molecule has 0 aliphatic rings. The van der Waals surface area contributed by atoms with Crippen molar-refractivity contribution in [1.29, 1.82) is 0 Å². The van der Waals surface area contributed by atoms with Crippen molar-refractivity contribution in [3.8, 4) is 5.75 Å². The molecule has 22 heavy (non-hydrogen) atoms. The van der Waals surface area contributed by atoms with Gasteiger partial charge in [-0.15, -0.1) is 0 Å². The highest BCUT2D eigenvalue weighted by Gasteiger charge is 2.15. The zero-order valence-electron chi connectivity index (χ0n) is 12.4. The third-order valence-electron chi connectivity index (χ3n) is 3.40. The lowest BCUT2D eigenvalue weighted by Gasteiger charge is -2.15. The van der Waals surface area contributed by atoms with Gasteiger partial charge in [0.05, 0.1) is 12.0 Å². The van der Waals surface area contributed by atoms with Gasteiger partial charge >= 0.3 is 5.69 Å². The second kappa shape index (κ2) is 7.38. The maximum Gasteiger partial charge on any atom is 0.311 e. The summed E-state index contributed by atoms with van der Waals surface area (Å²) >= 11 is 3.45. The number of nitro benzene ring substituents is 1. The fourth-order valence-corrected chi connectivity index (χ4v) is 2.57. The molecule has 0 saturated carbocycles. The van der Waals surface area contributed by atoms with Crippen LogP contribution in [0, 0.1) is 10.1 Å². The summed E-state index contributed by atoms with van der Waals surface area (Å²) in [5.41, 5.74) is 1.98. The van der Waals surface area contributed by atoms with Gasteiger partial charge in [-0.2, -0.15) is 0 Å². The summed E-state index contributed by atoms with van der Waals surface area (Å²) < 4.78 is 6.03. The molecule has 0 radical (unpaired) electrons. The van der Waals surface area contributed by atoms with Crippen molar-refractivity contribution in [2.24, 2.45) is 0 Å². The minimum absolute atomic E-state index is 0.0168. The lowest BCUT2D eigenvalue weighted by Crippen LogP contribution is -2.18. The lowest BCUT2D eigenvalue weighted by molar-refractivity contribution is -0.385. The Hall–Kier alpha value is -1.92. The van der Waals surface area contributed by atoms with Gasteiger partial charge in [0.2, 0.25) is 0 Å². The second-order valence-corrected chi connectivity index (χ2v) is 5.84. The molecular formula is C16H17BrN2O3. The first-order chi connectivity index (χ1) is 10.5. The fourth-order valence-electron chi connectivity index (χ4n) is 2.15. The Morgan fingerprint density at radius 3 is 2.73 bits per heavy atom. The van der Waals surface area contributed by atoms with E-state index in [1.807, 2.05) is 30.3 Å². The zero-order valence-corrected chi connectivity index (χ0v) is 14.0. The van der Waals surface area contributed by atoms with E-state index in [0.29, 0.717) is 6.54 Å². The Kier molecular flexibility index (Phi) is 5.51. The molecule has 0 aliphatic carbocycles. The van der Waals surface area contributed by atoms with E-state index in [0.717, 1.165) is 15.6 Å². The molecule has 1 atom stereocenters. The summed E-state index contributed by atoms with van der Waals surface area (Å²) in [6, 6.07) is 13.2. The van der Waals surface area contributed by atoms with E-state index in [1.54, 1.807) is 12.1 Å². The van der Waals surface area contributed by atoms with Gasteiger partial charge in [-0.3, -0.25) is 10.1 Å². The van der Waals surface area contributed by atoms with E-state index in [9.17, 15) is 10.1 Å². The first-order valence-electron chi connectivity index (χ1n) is 6.81. The number of hydrogen-bond acceptors (Lipinski definition) is 4. The van der Waals surface area contributed by atoms with E-state index >= 15 is 0 Å². The Balaban J connectivity index is 2.08. The van der Waals surface area contributed by atoms with Crippen LogP contribution in [0.4, 0.5) is 5.69 Å². The van der Waals surface area contributed by atoms with Crippen LogP contribution in [0.25, 0.3) is 0 Å². The van der Waals surface area contributed by atoms with Crippen molar-refractivity contribution in [3.63, 3.8) is 0 Å². The molecule has 2 rings (SSSR count). The average Bonchev–Trinajstić information content (AvgIpc) is 2.52. The number of nitrogens with zero attached hydrogens (tertiary/aromatic N) is 1. The molecule has 1 unspecified atom stereocenters. The van der Waals surface area contributed by atoms with Gasteiger partial charge in [-0.25, -0.2) is 0 Å². The van der Waals surface area contributed by atoms with Crippen molar-refractivity contribution < 1.29 is 9.66 Å². The molecule has 0 amide bonds. The van der Waals surface area contributed by atoms with E-state index in [2.05, 4.69) is 28.2 Å². The van der Waals surface area contributed by atoms with Gasteiger partial charge in [0.25, 0.3) is 0 Å². The van der Waals surface area contributed by atoms with Crippen LogP contribution in [0.2, 0.25) is 0 Å². The van der Waals surface area contributed by atoms with E-state index in [4.69, 9.17) is 4.74 Å². The molecule has 0 bridgehead atoms. The van der Waals surface area contributed by atoms with Gasteiger partial charge in [0.15, 0.2) is 5.75 Å². The highest BCUT2D eigenvalue weighted by molar-refractivity contribution is 9.10. The topological polar surface area (TPSA) is 64.4 Å². The number of hydrogen-bond donors (Lipinski definition) is 1. The summed E-state index contributed by atoms with van der Waals surface area (Å²) in [6.45, 7) is 2.60.